The number of amides is 1. The molecule has 0 aliphatic rings. The second kappa shape index (κ2) is 5.73. The lowest BCUT2D eigenvalue weighted by molar-refractivity contribution is -0.115. The summed E-state index contributed by atoms with van der Waals surface area (Å²) in [5.41, 5.74) is 3.47. The summed E-state index contributed by atoms with van der Waals surface area (Å²) in [7, 11) is 1.55. The molecule has 0 aliphatic heterocycles. The molecular weight excluding hydrogens is 256 g/mol. The lowest BCUT2D eigenvalue weighted by Crippen LogP contribution is -2.17. The molecule has 1 amide bonds. The van der Waals surface area contributed by atoms with Gasteiger partial charge in [-0.15, -0.1) is 0 Å². The number of hydrogen-bond donors (Lipinski definition) is 2. The molecule has 6 heteroatoms. The number of anilines is 1. The smallest absolute Gasteiger partial charge is 0.230 e. The summed E-state index contributed by atoms with van der Waals surface area (Å²) in [4.78, 5) is 16.4. The fraction of sp³-hybridized carbons (Fsp3) is 0.357. The number of aromatic nitrogens is 3. The Morgan fingerprint density at radius 1 is 1.35 bits per heavy atom. The molecule has 2 aromatic rings. The van der Waals surface area contributed by atoms with Gasteiger partial charge >= 0.3 is 0 Å². The molecule has 0 aliphatic carbocycles. The highest BCUT2D eigenvalue weighted by Gasteiger charge is 2.14. The van der Waals surface area contributed by atoms with E-state index in [4.69, 9.17) is 4.74 Å². The number of nitrogens with one attached hydrogen (secondary N) is 2. The van der Waals surface area contributed by atoms with Crippen molar-refractivity contribution in [1.29, 1.82) is 0 Å². The molecular formula is C14H18N4O2. The van der Waals surface area contributed by atoms with Crippen LogP contribution in [0.25, 0.3) is 0 Å². The van der Waals surface area contributed by atoms with Crippen molar-refractivity contribution in [2.75, 3.05) is 12.4 Å². The van der Waals surface area contributed by atoms with E-state index in [1.165, 1.54) is 0 Å². The van der Waals surface area contributed by atoms with E-state index in [2.05, 4.69) is 20.5 Å². The van der Waals surface area contributed by atoms with Gasteiger partial charge in [0, 0.05) is 17.0 Å². The van der Waals surface area contributed by atoms with Crippen molar-refractivity contribution in [1.82, 2.24) is 15.2 Å². The Kier molecular flexibility index (Phi) is 4.02. The highest BCUT2D eigenvalue weighted by molar-refractivity contribution is 5.92. The van der Waals surface area contributed by atoms with E-state index in [1.807, 2.05) is 26.8 Å². The van der Waals surface area contributed by atoms with Crippen LogP contribution >= 0.6 is 0 Å². The highest BCUT2D eigenvalue weighted by Crippen LogP contribution is 2.22. The van der Waals surface area contributed by atoms with Gasteiger partial charge in [0.2, 0.25) is 5.91 Å². The maximum atomic E-state index is 12.1. The number of hydrogen-bond acceptors (Lipinski definition) is 4. The zero-order valence-corrected chi connectivity index (χ0v) is 12.1. The topological polar surface area (TPSA) is 79.9 Å². The summed E-state index contributed by atoms with van der Waals surface area (Å²) in [6.07, 6.45) is 0.257. The molecule has 0 saturated heterocycles. The molecule has 0 spiro atoms. The van der Waals surface area contributed by atoms with Crippen LogP contribution in [0.5, 0.6) is 5.75 Å². The van der Waals surface area contributed by atoms with Crippen LogP contribution in [0.3, 0.4) is 0 Å². The maximum Gasteiger partial charge on any atom is 0.230 e. The number of carbonyl (C=O) groups excluding carboxylic acids is 1. The predicted molar refractivity (Wildman–Crippen MR) is 75.9 cm³/mol. The van der Waals surface area contributed by atoms with Gasteiger partial charge in [0.1, 0.15) is 0 Å². The zero-order valence-electron chi connectivity index (χ0n) is 12.1. The number of ether oxygens (including phenoxy) is 1. The van der Waals surface area contributed by atoms with Crippen molar-refractivity contribution < 1.29 is 9.53 Å². The quantitative estimate of drug-likeness (QED) is 0.892. The van der Waals surface area contributed by atoms with Crippen LogP contribution in [-0.4, -0.2) is 28.2 Å². The molecule has 20 heavy (non-hydrogen) atoms. The van der Waals surface area contributed by atoms with Crippen LogP contribution in [0.4, 0.5) is 5.82 Å². The van der Waals surface area contributed by atoms with Crippen LogP contribution < -0.4 is 10.1 Å². The van der Waals surface area contributed by atoms with E-state index in [0.717, 1.165) is 22.6 Å². The van der Waals surface area contributed by atoms with Gasteiger partial charge in [0.25, 0.3) is 0 Å². The predicted octanol–water partition coefficient (Wildman–Crippen LogP) is 1.92. The van der Waals surface area contributed by atoms with Gasteiger partial charge in [-0.2, -0.15) is 5.10 Å². The van der Waals surface area contributed by atoms with Crippen molar-refractivity contribution in [3.63, 3.8) is 0 Å². The van der Waals surface area contributed by atoms with E-state index in [1.54, 1.807) is 13.2 Å². The molecule has 0 saturated carbocycles. The zero-order chi connectivity index (χ0) is 14.7. The Morgan fingerprint density at radius 2 is 2.10 bits per heavy atom. The third-order valence-electron chi connectivity index (χ3n) is 3.09. The van der Waals surface area contributed by atoms with E-state index >= 15 is 0 Å². The molecule has 0 aromatic carbocycles. The second-order valence-corrected chi connectivity index (χ2v) is 4.64. The standard InChI is InChI=1S/C14H18N4O2/c1-8-5-6-12(20-4)14(15-8)16-13(19)7-11-9(2)17-18-10(11)3/h5-6H,7H2,1-4H3,(H,17,18)(H,15,16,19). The van der Waals surface area contributed by atoms with Crippen molar-refractivity contribution in [3.05, 3.63) is 34.8 Å². The molecule has 0 atom stereocenters. The number of pyridine rings is 1. The van der Waals surface area contributed by atoms with E-state index < -0.39 is 0 Å². The number of aromatic amines is 1. The SMILES string of the molecule is COc1ccc(C)nc1NC(=O)Cc1c(C)n[nH]c1C. The van der Waals surface area contributed by atoms with Gasteiger partial charge in [-0.1, -0.05) is 0 Å². The minimum absolute atomic E-state index is 0.144. The number of methoxy groups -OCH3 is 1. The summed E-state index contributed by atoms with van der Waals surface area (Å²) in [5.74, 6) is 0.842. The van der Waals surface area contributed by atoms with E-state index in [9.17, 15) is 4.79 Å². The van der Waals surface area contributed by atoms with Crippen LogP contribution in [0.2, 0.25) is 0 Å². The fourth-order valence-corrected chi connectivity index (χ4v) is 1.97. The first-order valence-electron chi connectivity index (χ1n) is 6.33. The van der Waals surface area contributed by atoms with Crippen LogP contribution in [0.1, 0.15) is 22.6 Å². The molecule has 0 unspecified atom stereocenters. The van der Waals surface area contributed by atoms with Gasteiger partial charge in [-0.3, -0.25) is 9.89 Å². The number of nitrogens with zero attached hydrogens (tertiary/aromatic N) is 2. The average Bonchev–Trinajstić information content (AvgIpc) is 2.71. The van der Waals surface area contributed by atoms with Crippen LogP contribution in [0.15, 0.2) is 12.1 Å². The lowest BCUT2D eigenvalue weighted by Gasteiger charge is -2.10. The minimum Gasteiger partial charge on any atom is -0.493 e. The van der Waals surface area contributed by atoms with Gasteiger partial charge in [-0.05, 0) is 32.9 Å². The number of H-pyrrole nitrogens is 1. The van der Waals surface area contributed by atoms with Gasteiger partial charge < -0.3 is 10.1 Å². The molecule has 2 rings (SSSR count). The Morgan fingerprint density at radius 3 is 2.70 bits per heavy atom. The Bertz CT molecular complexity index is 615. The molecule has 106 valence electrons. The van der Waals surface area contributed by atoms with E-state index in [-0.39, 0.29) is 12.3 Å². The summed E-state index contributed by atoms with van der Waals surface area (Å²) in [6.45, 7) is 5.63. The Balaban J connectivity index is 2.14. The Hall–Kier alpha value is -2.37. The third kappa shape index (κ3) is 2.96. The van der Waals surface area contributed by atoms with Gasteiger partial charge in [0.15, 0.2) is 11.6 Å². The monoisotopic (exact) mass is 274 g/mol. The van der Waals surface area contributed by atoms with Gasteiger partial charge in [0.05, 0.1) is 19.2 Å². The average molecular weight is 274 g/mol. The van der Waals surface area contributed by atoms with Crippen LogP contribution in [0, 0.1) is 20.8 Å². The summed E-state index contributed by atoms with van der Waals surface area (Å²) >= 11 is 0. The normalized spacial score (nSPS) is 10.4. The first-order chi connectivity index (χ1) is 9.51. The molecule has 2 N–H and O–H groups in total. The van der Waals surface area contributed by atoms with Gasteiger partial charge in [-0.25, -0.2) is 4.98 Å². The molecule has 2 heterocycles. The second-order valence-electron chi connectivity index (χ2n) is 4.64. The highest BCUT2D eigenvalue weighted by atomic mass is 16.5. The number of rotatable bonds is 4. The largest absolute Gasteiger partial charge is 0.493 e. The first kappa shape index (κ1) is 14.0. The van der Waals surface area contributed by atoms with Crippen molar-refractivity contribution >= 4 is 11.7 Å². The molecule has 2 aromatic heterocycles. The minimum atomic E-state index is -0.144. The summed E-state index contributed by atoms with van der Waals surface area (Å²) in [6, 6.07) is 3.62. The number of carbonyl (C=O) groups is 1. The summed E-state index contributed by atoms with van der Waals surface area (Å²) in [5, 5.41) is 9.72. The molecule has 0 bridgehead atoms. The van der Waals surface area contributed by atoms with Crippen molar-refractivity contribution in [2.24, 2.45) is 0 Å². The molecule has 0 fully saturated rings. The Labute approximate surface area is 117 Å². The van der Waals surface area contributed by atoms with Crippen LogP contribution in [-0.2, 0) is 11.2 Å². The first-order valence-corrected chi connectivity index (χ1v) is 6.33. The third-order valence-corrected chi connectivity index (χ3v) is 3.09. The molecule has 6 nitrogen and oxygen atoms in total. The number of aryl methyl sites for hydroxylation is 3. The van der Waals surface area contributed by atoms with E-state index in [0.29, 0.717) is 11.6 Å². The summed E-state index contributed by atoms with van der Waals surface area (Å²) < 4.78 is 5.19. The fourth-order valence-electron chi connectivity index (χ4n) is 1.97. The van der Waals surface area contributed by atoms with Crippen molar-refractivity contribution in [2.45, 2.75) is 27.2 Å². The maximum absolute atomic E-state index is 12.1. The molecule has 0 radical (unpaired) electrons. The van der Waals surface area contributed by atoms with Crippen molar-refractivity contribution in [3.8, 4) is 5.75 Å². The lowest BCUT2D eigenvalue weighted by atomic mass is 10.1.